The van der Waals surface area contributed by atoms with Gasteiger partial charge in [0.1, 0.15) is 5.82 Å². The number of nitrogens with zero attached hydrogens (tertiary/aromatic N) is 6. The Balaban J connectivity index is 1.43. The number of aromatic nitrogens is 5. The molecule has 1 fully saturated rings. The lowest BCUT2D eigenvalue weighted by Gasteiger charge is -2.34. The van der Waals surface area contributed by atoms with Gasteiger partial charge in [0.25, 0.3) is 5.91 Å². The zero-order valence-electron chi connectivity index (χ0n) is 21.3. The number of amides is 1. The summed E-state index contributed by atoms with van der Waals surface area (Å²) in [6.07, 6.45) is -0.187. The van der Waals surface area contributed by atoms with Gasteiger partial charge < -0.3 is 9.88 Å². The molecule has 3 aromatic carbocycles. The molecule has 1 aliphatic heterocycles. The van der Waals surface area contributed by atoms with Gasteiger partial charge in [-0.05, 0) is 73.4 Å². The minimum atomic E-state index is -4.48. The molecular weight excluding hydrogens is 519 g/mol. The van der Waals surface area contributed by atoms with Crippen molar-refractivity contribution >= 4 is 16.9 Å². The maximum absolute atomic E-state index is 14.3. The summed E-state index contributed by atoms with van der Waals surface area (Å²) >= 11 is 0. The molecule has 1 saturated heterocycles. The first-order valence-electron chi connectivity index (χ1n) is 12.6. The molecule has 0 bridgehead atoms. The summed E-state index contributed by atoms with van der Waals surface area (Å²) in [5.74, 6) is 0.131. The van der Waals surface area contributed by atoms with E-state index in [0.717, 1.165) is 23.3 Å². The predicted molar refractivity (Wildman–Crippen MR) is 140 cm³/mol. The zero-order chi connectivity index (χ0) is 28.1. The number of halogens is 3. The third kappa shape index (κ3) is 4.27. The fourth-order valence-corrected chi connectivity index (χ4v) is 5.29. The van der Waals surface area contributed by atoms with Crippen LogP contribution in [0.25, 0.3) is 27.8 Å². The Morgan fingerprint density at radius 3 is 2.58 bits per heavy atom. The van der Waals surface area contributed by atoms with Crippen molar-refractivity contribution in [3.8, 4) is 22.9 Å². The second-order valence-electron chi connectivity index (χ2n) is 9.89. The highest BCUT2D eigenvalue weighted by Gasteiger charge is 2.44. The normalized spacial score (nSPS) is 17.3. The molecule has 40 heavy (non-hydrogen) atoms. The van der Waals surface area contributed by atoms with Gasteiger partial charge in [0, 0.05) is 6.54 Å². The summed E-state index contributed by atoms with van der Waals surface area (Å²) in [4.78, 5) is 25.0. The number of benzene rings is 3. The van der Waals surface area contributed by atoms with E-state index in [2.05, 4.69) is 26.2 Å². The Labute approximate surface area is 226 Å². The molecular formula is C29H22F3N7O. The van der Waals surface area contributed by atoms with E-state index in [1.165, 1.54) is 23.3 Å². The van der Waals surface area contributed by atoms with Crippen molar-refractivity contribution in [1.82, 2.24) is 29.9 Å². The molecule has 1 atom stereocenters. The molecule has 0 spiro atoms. The molecule has 8 nitrogen and oxygen atoms in total. The van der Waals surface area contributed by atoms with E-state index in [9.17, 15) is 23.2 Å². The van der Waals surface area contributed by atoms with Gasteiger partial charge in [0.2, 0.25) is 0 Å². The van der Waals surface area contributed by atoms with E-state index in [-0.39, 0.29) is 11.4 Å². The molecule has 1 aliphatic rings. The van der Waals surface area contributed by atoms with E-state index in [0.29, 0.717) is 47.5 Å². The van der Waals surface area contributed by atoms with Gasteiger partial charge in [-0.15, -0.1) is 0 Å². The summed E-state index contributed by atoms with van der Waals surface area (Å²) < 4.78 is 39.9. The molecule has 0 radical (unpaired) electrons. The Morgan fingerprint density at radius 1 is 1.05 bits per heavy atom. The molecule has 3 heterocycles. The van der Waals surface area contributed by atoms with E-state index in [1.54, 1.807) is 35.2 Å². The van der Waals surface area contributed by atoms with Gasteiger partial charge in [-0.2, -0.15) is 33.4 Å². The lowest BCUT2D eigenvalue weighted by molar-refractivity contribution is -0.137. The maximum Gasteiger partial charge on any atom is 0.416 e. The van der Waals surface area contributed by atoms with Crippen molar-refractivity contribution in [1.29, 1.82) is 5.26 Å². The first kappa shape index (κ1) is 25.3. The first-order chi connectivity index (χ1) is 19.2. The Hall–Kier alpha value is -4.98. The van der Waals surface area contributed by atoms with Crippen LogP contribution in [-0.4, -0.2) is 42.3 Å². The van der Waals surface area contributed by atoms with Gasteiger partial charge in [0.05, 0.1) is 57.4 Å². The minimum absolute atomic E-state index is 0.256. The summed E-state index contributed by atoms with van der Waals surface area (Å²) in [5, 5.41) is 17.8. The lowest BCUT2D eigenvalue weighted by atomic mass is 9.95. The van der Waals surface area contributed by atoms with Gasteiger partial charge >= 0.3 is 6.18 Å². The summed E-state index contributed by atoms with van der Waals surface area (Å²) in [7, 11) is 0. The van der Waals surface area contributed by atoms with Gasteiger partial charge in [0.15, 0.2) is 0 Å². The van der Waals surface area contributed by atoms with Gasteiger partial charge in [-0.1, -0.05) is 18.2 Å². The van der Waals surface area contributed by atoms with Gasteiger partial charge in [-0.25, -0.2) is 4.98 Å². The molecule has 200 valence electrons. The van der Waals surface area contributed by atoms with E-state index in [4.69, 9.17) is 0 Å². The average Bonchev–Trinajstić information content (AvgIpc) is 3.72. The van der Waals surface area contributed by atoms with Crippen LogP contribution in [-0.2, 0) is 11.7 Å². The number of alkyl halides is 3. The number of nitrogens with one attached hydrogen (secondary N) is 1. The number of likely N-dealkylation sites (tertiary alicyclic amines) is 1. The van der Waals surface area contributed by atoms with Crippen molar-refractivity contribution in [2.75, 3.05) is 6.54 Å². The number of fused-ring (bicyclic) bond motifs is 1. The fraction of sp³-hybridized carbons (Fsp3) is 0.207. The van der Waals surface area contributed by atoms with Crippen LogP contribution < -0.4 is 0 Å². The second-order valence-corrected chi connectivity index (χ2v) is 9.89. The van der Waals surface area contributed by atoms with Crippen LogP contribution in [0.1, 0.15) is 47.1 Å². The Kier molecular flexibility index (Phi) is 5.91. The number of H-pyrrole nitrogens is 1. The molecule has 2 aromatic heterocycles. The Bertz CT molecular complexity index is 1790. The number of nitriles is 1. The molecule has 0 saturated carbocycles. The highest BCUT2D eigenvalue weighted by atomic mass is 19.4. The molecule has 1 amide bonds. The Morgan fingerprint density at radius 2 is 1.82 bits per heavy atom. The zero-order valence-corrected chi connectivity index (χ0v) is 21.3. The van der Waals surface area contributed by atoms with E-state index < -0.39 is 17.3 Å². The third-order valence-corrected chi connectivity index (χ3v) is 7.39. The van der Waals surface area contributed by atoms with E-state index in [1.807, 2.05) is 19.1 Å². The number of carbonyl (C=O) groups excluding carboxylic acids is 1. The molecule has 5 aromatic rings. The number of imidazole rings is 1. The minimum Gasteiger partial charge on any atom is -0.340 e. The highest BCUT2D eigenvalue weighted by molar-refractivity contribution is 5.99. The van der Waals surface area contributed by atoms with Crippen molar-refractivity contribution in [3.05, 3.63) is 95.6 Å². The predicted octanol–water partition coefficient (Wildman–Crippen LogP) is 5.85. The van der Waals surface area contributed by atoms with Crippen LogP contribution in [0.15, 0.2) is 73.1 Å². The number of rotatable bonds is 4. The average molecular weight is 542 g/mol. The topological polar surface area (TPSA) is 103 Å². The number of hydrogen-bond acceptors (Lipinski definition) is 5. The quantitative estimate of drug-likeness (QED) is 0.307. The second kappa shape index (κ2) is 9.34. The lowest BCUT2D eigenvalue weighted by Crippen LogP contribution is -2.44. The summed E-state index contributed by atoms with van der Waals surface area (Å²) in [6.45, 7) is 2.30. The molecule has 1 N–H and O–H groups in total. The largest absolute Gasteiger partial charge is 0.416 e. The SMILES string of the molecule is CC1(c2nc3ccc(C(F)(F)F)cc3[nH]2)CCCN1C(=O)c1cc(-c2cccc(C#N)c2)ccc1-n1nccn1. The standard InChI is InChI=1S/C29H22F3N7O/c1-28(27-36-23-8-7-21(29(30,31)32)16-24(23)37-27)10-3-13-38(28)26(40)22-15-20(19-5-2-4-18(14-19)17-33)6-9-25(22)39-34-11-12-35-39/h2,4-9,11-12,14-16H,3,10,13H2,1H3,(H,36,37). The van der Waals surface area contributed by atoms with Crippen LogP contribution >= 0.6 is 0 Å². The van der Waals surface area contributed by atoms with Crippen molar-refractivity contribution in [2.24, 2.45) is 0 Å². The number of hydrogen-bond donors (Lipinski definition) is 1. The van der Waals surface area contributed by atoms with Crippen LogP contribution in [0.3, 0.4) is 0 Å². The molecule has 6 rings (SSSR count). The number of aromatic amines is 1. The van der Waals surface area contributed by atoms with Gasteiger partial charge in [-0.3, -0.25) is 4.79 Å². The highest BCUT2D eigenvalue weighted by Crippen LogP contribution is 2.40. The first-order valence-corrected chi connectivity index (χ1v) is 12.6. The summed E-state index contributed by atoms with van der Waals surface area (Å²) in [5.41, 5.74) is 1.82. The third-order valence-electron chi connectivity index (χ3n) is 7.39. The van der Waals surface area contributed by atoms with Crippen molar-refractivity contribution in [2.45, 2.75) is 31.5 Å². The van der Waals surface area contributed by atoms with Crippen LogP contribution in [0.4, 0.5) is 13.2 Å². The monoisotopic (exact) mass is 541 g/mol. The number of carbonyl (C=O) groups is 1. The molecule has 1 unspecified atom stereocenters. The molecule has 11 heteroatoms. The van der Waals surface area contributed by atoms with E-state index >= 15 is 0 Å². The van der Waals surface area contributed by atoms with Crippen LogP contribution in [0.2, 0.25) is 0 Å². The summed E-state index contributed by atoms with van der Waals surface area (Å²) in [6, 6.07) is 18.0. The smallest absolute Gasteiger partial charge is 0.340 e. The van der Waals surface area contributed by atoms with Crippen LogP contribution in [0.5, 0.6) is 0 Å². The molecule has 0 aliphatic carbocycles. The van der Waals surface area contributed by atoms with Crippen molar-refractivity contribution in [3.63, 3.8) is 0 Å². The van der Waals surface area contributed by atoms with Crippen molar-refractivity contribution < 1.29 is 18.0 Å². The maximum atomic E-state index is 14.3. The fourth-order valence-electron chi connectivity index (χ4n) is 5.29. The van der Waals surface area contributed by atoms with Crippen LogP contribution in [0, 0.1) is 11.3 Å².